The van der Waals surface area contributed by atoms with Crippen LogP contribution in [0.4, 0.5) is 4.39 Å². The fraction of sp³-hybridized carbons (Fsp3) is 0.133. The molecular formula is C15H13FO2. The first kappa shape index (κ1) is 12.3. The Kier molecular flexibility index (Phi) is 3.42. The van der Waals surface area contributed by atoms with Crippen molar-refractivity contribution in [3.63, 3.8) is 0 Å². The van der Waals surface area contributed by atoms with Crippen LogP contribution in [0.1, 0.15) is 15.9 Å². The second kappa shape index (κ2) is 5.00. The number of carbonyl (C=O) groups excluding carboxylic acids is 1. The van der Waals surface area contributed by atoms with Gasteiger partial charge in [-0.25, -0.2) is 4.39 Å². The Labute approximate surface area is 105 Å². The highest BCUT2D eigenvalue weighted by Gasteiger charge is 2.09. The molecule has 92 valence electrons. The lowest BCUT2D eigenvalue weighted by molar-refractivity contribution is 0.112. The van der Waals surface area contributed by atoms with Crippen LogP contribution in [0.15, 0.2) is 36.4 Å². The average molecular weight is 244 g/mol. The van der Waals surface area contributed by atoms with E-state index in [0.29, 0.717) is 16.9 Å². The van der Waals surface area contributed by atoms with Crippen molar-refractivity contribution in [3.8, 4) is 16.9 Å². The maximum absolute atomic E-state index is 13.3. The van der Waals surface area contributed by atoms with Crippen LogP contribution in [-0.4, -0.2) is 13.4 Å². The molecule has 2 rings (SSSR count). The molecule has 0 aromatic heterocycles. The first-order valence-corrected chi connectivity index (χ1v) is 5.55. The Morgan fingerprint density at radius 2 is 1.89 bits per heavy atom. The molecule has 0 bridgehead atoms. The SMILES string of the molecule is COc1ccc(-c2cc(F)ccc2C)c(C=O)c1. The van der Waals surface area contributed by atoms with E-state index >= 15 is 0 Å². The number of ether oxygens (including phenoxy) is 1. The van der Waals surface area contributed by atoms with Crippen LogP contribution in [0.3, 0.4) is 0 Å². The van der Waals surface area contributed by atoms with Crippen LogP contribution in [0.2, 0.25) is 0 Å². The predicted molar refractivity (Wildman–Crippen MR) is 68.5 cm³/mol. The highest BCUT2D eigenvalue weighted by molar-refractivity contribution is 5.89. The molecule has 0 amide bonds. The zero-order chi connectivity index (χ0) is 13.1. The van der Waals surface area contributed by atoms with Crippen molar-refractivity contribution in [2.75, 3.05) is 7.11 Å². The number of aryl methyl sites for hydroxylation is 1. The monoisotopic (exact) mass is 244 g/mol. The molecule has 0 aliphatic rings. The molecule has 0 saturated carbocycles. The van der Waals surface area contributed by atoms with E-state index in [-0.39, 0.29) is 5.82 Å². The van der Waals surface area contributed by atoms with Crippen LogP contribution in [-0.2, 0) is 0 Å². The highest BCUT2D eigenvalue weighted by Crippen LogP contribution is 2.29. The number of carbonyl (C=O) groups is 1. The topological polar surface area (TPSA) is 26.3 Å². The summed E-state index contributed by atoms with van der Waals surface area (Å²) in [6, 6.07) is 9.71. The molecular weight excluding hydrogens is 231 g/mol. The lowest BCUT2D eigenvalue weighted by Crippen LogP contribution is -1.93. The minimum absolute atomic E-state index is 0.316. The van der Waals surface area contributed by atoms with E-state index in [4.69, 9.17) is 4.74 Å². The Morgan fingerprint density at radius 3 is 2.56 bits per heavy atom. The van der Waals surface area contributed by atoms with Gasteiger partial charge in [0.05, 0.1) is 7.11 Å². The second-order valence-electron chi connectivity index (χ2n) is 4.03. The molecule has 0 aliphatic carbocycles. The van der Waals surface area contributed by atoms with Crippen molar-refractivity contribution in [1.82, 2.24) is 0 Å². The summed E-state index contributed by atoms with van der Waals surface area (Å²) in [6.07, 6.45) is 0.752. The Hall–Kier alpha value is -2.16. The number of halogens is 1. The van der Waals surface area contributed by atoms with Crippen LogP contribution in [0.25, 0.3) is 11.1 Å². The molecule has 2 aromatic rings. The van der Waals surface area contributed by atoms with Gasteiger partial charge in [-0.05, 0) is 53.9 Å². The van der Waals surface area contributed by atoms with Crippen molar-refractivity contribution >= 4 is 6.29 Å². The van der Waals surface area contributed by atoms with Crippen LogP contribution >= 0.6 is 0 Å². The molecule has 0 N–H and O–H groups in total. The fourth-order valence-electron chi connectivity index (χ4n) is 1.89. The summed E-state index contributed by atoms with van der Waals surface area (Å²) in [7, 11) is 1.54. The Morgan fingerprint density at radius 1 is 1.11 bits per heavy atom. The number of benzene rings is 2. The van der Waals surface area contributed by atoms with E-state index in [1.807, 2.05) is 6.92 Å². The number of methoxy groups -OCH3 is 1. The molecule has 0 spiro atoms. The van der Waals surface area contributed by atoms with Gasteiger partial charge in [0.2, 0.25) is 0 Å². The summed E-state index contributed by atoms with van der Waals surface area (Å²) in [6.45, 7) is 1.88. The van der Waals surface area contributed by atoms with Gasteiger partial charge in [-0.2, -0.15) is 0 Å². The summed E-state index contributed by atoms with van der Waals surface area (Å²) in [5.41, 5.74) is 2.84. The second-order valence-corrected chi connectivity index (χ2v) is 4.03. The van der Waals surface area contributed by atoms with Crippen molar-refractivity contribution in [2.24, 2.45) is 0 Å². The predicted octanol–water partition coefficient (Wildman–Crippen LogP) is 3.62. The molecule has 3 heteroatoms. The summed E-state index contributed by atoms with van der Waals surface area (Å²) in [4.78, 5) is 11.1. The first-order valence-electron chi connectivity index (χ1n) is 5.55. The highest BCUT2D eigenvalue weighted by atomic mass is 19.1. The zero-order valence-corrected chi connectivity index (χ0v) is 10.2. The number of hydrogen-bond donors (Lipinski definition) is 0. The van der Waals surface area contributed by atoms with Gasteiger partial charge in [0.1, 0.15) is 11.6 Å². The van der Waals surface area contributed by atoms with E-state index in [9.17, 15) is 9.18 Å². The van der Waals surface area contributed by atoms with Crippen molar-refractivity contribution < 1.29 is 13.9 Å². The van der Waals surface area contributed by atoms with E-state index < -0.39 is 0 Å². The van der Waals surface area contributed by atoms with Gasteiger partial charge in [-0.3, -0.25) is 4.79 Å². The van der Waals surface area contributed by atoms with Crippen molar-refractivity contribution in [1.29, 1.82) is 0 Å². The van der Waals surface area contributed by atoms with Gasteiger partial charge in [0.15, 0.2) is 6.29 Å². The largest absolute Gasteiger partial charge is 0.497 e. The summed E-state index contributed by atoms with van der Waals surface area (Å²) < 4.78 is 18.4. The third-order valence-corrected chi connectivity index (χ3v) is 2.88. The lowest BCUT2D eigenvalue weighted by Gasteiger charge is -2.10. The van der Waals surface area contributed by atoms with E-state index in [2.05, 4.69) is 0 Å². The number of rotatable bonds is 3. The molecule has 0 unspecified atom stereocenters. The normalized spacial score (nSPS) is 10.2. The standard InChI is InChI=1S/C15H13FO2/c1-10-3-4-12(16)8-15(10)14-6-5-13(18-2)7-11(14)9-17/h3-9H,1-2H3. The molecule has 0 saturated heterocycles. The molecule has 2 aromatic carbocycles. The molecule has 0 radical (unpaired) electrons. The smallest absolute Gasteiger partial charge is 0.150 e. The van der Waals surface area contributed by atoms with Gasteiger partial charge in [0.25, 0.3) is 0 Å². The minimum Gasteiger partial charge on any atom is -0.497 e. The molecule has 0 aliphatic heterocycles. The number of hydrogen-bond acceptors (Lipinski definition) is 2. The van der Waals surface area contributed by atoms with Crippen LogP contribution in [0.5, 0.6) is 5.75 Å². The maximum atomic E-state index is 13.3. The van der Waals surface area contributed by atoms with Gasteiger partial charge >= 0.3 is 0 Å². The van der Waals surface area contributed by atoms with Crippen LogP contribution in [0, 0.1) is 12.7 Å². The summed E-state index contributed by atoms with van der Waals surface area (Å²) in [5, 5.41) is 0. The number of aldehydes is 1. The van der Waals surface area contributed by atoms with Gasteiger partial charge in [-0.1, -0.05) is 6.07 Å². The van der Waals surface area contributed by atoms with Gasteiger partial charge < -0.3 is 4.74 Å². The maximum Gasteiger partial charge on any atom is 0.150 e. The molecule has 0 fully saturated rings. The fourth-order valence-corrected chi connectivity index (χ4v) is 1.89. The van der Waals surface area contributed by atoms with E-state index in [1.54, 1.807) is 24.3 Å². The summed E-state index contributed by atoms with van der Waals surface area (Å²) >= 11 is 0. The summed E-state index contributed by atoms with van der Waals surface area (Å²) in [5.74, 6) is 0.290. The lowest BCUT2D eigenvalue weighted by atomic mass is 9.96. The minimum atomic E-state index is -0.316. The third-order valence-electron chi connectivity index (χ3n) is 2.88. The first-order chi connectivity index (χ1) is 8.65. The van der Waals surface area contributed by atoms with Crippen molar-refractivity contribution in [3.05, 3.63) is 53.3 Å². The van der Waals surface area contributed by atoms with Crippen molar-refractivity contribution in [2.45, 2.75) is 6.92 Å². The van der Waals surface area contributed by atoms with E-state index in [0.717, 1.165) is 17.4 Å². The van der Waals surface area contributed by atoms with Gasteiger partial charge in [0, 0.05) is 5.56 Å². The molecule has 0 atom stereocenters. The van der Waals surface area contributed by atoms with E-state index in [1.165, 1.54) is 19.2 Å². The average Bonchev–Trinajstić information content (AvgIpc) is 2.41. The Balaban J connectivity index is 2.63. The van der Waals surface area contributed by atoms with Crippen LogP contribution < -0.4 is 4.74 Å². The molecule has 0 heterocycles. The zero-order valence-electron chi connectivity index (χ0n) is 10.2. The molecule has 2 nitrogen and oxygen atoms in total. The molecule has 18 heavy (non-hydrogen) atoms. The Bertz CT molecular complexity index is 591. The van der Waals surface area contributed by atoms with Gasteiger partial charge in [-0.15, -0.1) is 0 Å². The third kappa shape index (κ3) is 2.25. The quantitative estimate of drug-likeness (QED) is 0.771.